The van der Waals surface area contributed by atoms with Crippen LogP contribution >= 0.6 is 11.3 Å². The van der Waals surface area contributed by atoms with E-state index in [1.54, 1.807) is 0 Å². The molecule has 29 heavy (non-hydrogen) atoms. The predicted molar refractivity (Wildman–Crippen MR) is 98.9 cm³/mol. The molecule has 0 saturated heterocycles. The Morgan fingerprint density at radius 2 is 1.79 bits per heavy atom. The molecule has 0 radical (unpaired) electrons. The molecule has 3 nitrogen and oxygen atoms in total. The van der Waals surface area contributed by atoms with Crippen LogP contribution in [0.4, 0.5) is 27.8 Å². The lowest BCUT2D eigenvalue weighted by atomic mass is 10.0. The molecule has 1 aliphatic rings. The minimum absolute atomic E-state index is 0.0261. The zero-order chi connectivity index (χ0) is 20.8. The summed E-state index contributed by atoms with van der Waals surface area (Å²) in [5.74, 6) is -3.11. The maximum absolute atomic E-state index is 13.7. The number of aromatic nitrogens is 1. The fourth-order valence-electron chi connectivity index (χ4n) is 3.42. The van der Waals surface area contributed by atoms with Gasteiger partial charge in [-0.1, -0.05) is 6.07 Å². The van der Waals surface area contributed by atoms with E-state index in [9.17, 15) is 26.7 Å². The van der Waals surface area contributed by atoms with Crippen molar-refractivity contribution in [2.75, 3.05) is 5.32 Å². The van der Waals surface area contributed by atoms with Gasteiger partial charge in [0.15, 0.2) is 0 Å². The third-order valence-electron chi connectivity index (χ3n) is 4.66. The van der Waals surface area contributed by atoms with E-state index in [2.05, 4.69) is 10.3 Å². The Balaban J connectivity index is 1.64. The quantitative estimate of drug-likeness (QED) is 0.536. The highest BCUT2D eigenvalue weighted by molar-refractivity contribution is 7.12. The van der Waals surface area contributed by atoms with E-state index in [0.717, 1.165) is 40.8 Å². The van der Waals surface area contributed by atoms with Gasteiger partial charge in [0.2, 0.25) is 0 Å². The van der Waals surface area contributed by atoms with Crippen LogP contribution < -0.4 is 5.32 Å². The average Bonchev–Trinajstić information content (AvgIpc) is 3.23. The lowest BCUT2D eigenvalue weighted by Gasteiger charge is -2.11. The summed E-state index contributed by atoms with van der Waals surface area (Å²) in [7, 11) is 0. The van der Waals surface area contributed by atoms with Crippen LogP contribution in [0.15, 0.2) is 36.5 Å². The first-order valence-corrected chi connectivity index (χ1v) is 9.51. The van der Waals surface area contributed by atoms with Gasteiger partial charge in [-0.2, -0.15) is 13.2 Å². The highest BCUT2D eigenvalue weighted by Crippen LogP contribution is 2.48. The molecule has 0 spiro atoms. The van der Waals surface area contributed by atoms with Crippen molar-refractivity contribution in [2.24, 2.45) is 0 Å². The number of carbonyl (C=O) groups is 1. The molecule has 0 aliphatic heterocycles. The summed E-state index contributed by atoms with van der Waals surface area (Å²) < 4.78 is 67.8. The molecule has 4 rings (SSSR count). The third-order valence-corrected chi connectivity index (χ3v) is 6.00. The molecule has 2 heterocycles. The van der Waals surface area contributed by atoms with Gasteiger partial charge in [0, 0.05) is 22.2 Å². The Kier molecular flexibility index (Phi) is 4.85. The fourth-order valence-corrected chi connectivity index (χ4v) is 4.70. The van der Waals surface area contributed by atoms with Crippen LogP contribution in [0, 0.1) is 11.6 Å². The molecule has 9 heteroatoms. The number of nitrogens with one attached hydrogen (secondary N) is 1. The first-order valence-electron chi connectivity index (χ1n) is 8.69. The molecule has 1 aromatic carbocycles. The van der Waals surface area contributed by atoms with Crippen LogP contribution in [0.2, 0.25) is 0 Å². The Morgan fingerprint density at radius 3 is 2.41 bits per heavy atom. The molecule has 0 atom stereocenters. The van der Waals surface area contributed by atoms with Crippen molar-refractivity contribution in [3.05, 3.63) is 69.0 Å². The van der Waals surface area contributed by atoms with Gasteiger partial charge < -0.3 is 5.32 Å². The zero-order valence-electron chi connectivity index (χ0n) is 14.7. The third kappa shape index (κ3) is 3.62. The van der Waals surface area contributed by atoms with Crippen LogP contribution in [-0.2, 0) is 19.0 Å². The Hall–Kier alpha value is -2.81. The number of anilines is 1. The van der Waals surface area contributed by atoms with Crippen molar-refractivity contribution in [1.29, 1.82) is 0 Å². The van der Waals surface area contributed by atoms with Crippen LogP contribution in [-0.4, -0.2) is 10.9 Å². The van der Waals surface area contributed by atoms with Crippen LogP contribution in [0.3, 0.4) is 0 Å². The fraction of sp³-hybridized carbons (Fsp3) is 0.200. The number of hydrogen-bond donors (Lipinski definition) is 1. The highest BCUT2D eigenvalue weighted by atomic mass is 32.1. The van der Waals surface area contributed by atoms with E-state index in [1.807, 2.05) is 0 Å². The lowest BCUT2D eigenvalue weighted by molar-refractivity contribution is -0.133. The summed E-state index contributed by atoms with van der Waals surface area (Å²) in [5.41, 5.74) is 0.343. The van der Waals surface area contributed by atoms with Gasteiger partial charge in [0.05, 0.1) is 0 Å². The first kappa shape index (κ1) is 19.5. The van der Waals surface area contributed by atoms with Crippen molar-refractivity contribution >= 4 is 23.1 Å². The van der Waals surface area contributed by atoms with Crippen molar-refractivity contribution in [1.82, 2.24) is 4.98 Å². The number of halogens is 5. The molecule has 2 aromatic heterocycles. The van der Waals surface area contributed by atoms with Gasteiger partial charge >= 0.3 is 6.18 Å². The lowest BCUT2D eigenvalue weighted by Crippen LogP contribution is -2.16. The second kappa shape index (κ2) is 7.22. The van der Waals surface area contributed by atoms with Crippen molar-refractivity contribution in [3.8, 4) is 11.1 Å². The number of fused-ring (bicyclic) bond motifs is 1. The van der Waals surface area contributed by atoms with E-state index >= 15 is 0 Å². The summed E-state index contributed by atoms with van der Waals surface area (Å²) in [6.07, 6.45) is -1.24. The van der Waals surface area contributed by atoms with E-state index < -0.39 is 34.2 Å². The number of aryl methyl sites for hydroxylation is 1. The minimum Gasteiger partial charge on any atom is -0.306 e. The molecular formula is C20H13F5N2OS. The molecular weight excluding hydrogens is 411 g/mol. The topological polar surface area (TPSA) is 42.0 Å². The Morgan fingerprint density at radius 1 is 1.07 bits per heavy atom. The second-order valence-electron chi connectivity index (χ2n) is 6.54. The largest absolute Gasteiger partial charge is 0.426 e. The maximum atomic E-state index is 13.7. The summed E-state index contributed by atoms with van der Waals surface area (Å²) in [5, 5.41) is 2.26. The number of hydrogen-bond acceptors (Lipinski definition) is 3. The van der Waals surface area contributed by atoms with E-state index in [0.29, 0.717) is 18.4 Å². The summed E-state index contributed by atoms with van der Waals surface area (Å²) in [4.78, 5) is 16.2. The number of pyridine rings is 1. The number of benzene rings is 1. The molecule has 1 aliphatic carbocycles. The van der Waals surface area contributed by atoms with E-state index in [1.165, 1.54) is 18.3 Å². The number of thiophene rings is 1. The number of nitrogens with zero attached hydrogens (tertiary/aromatic N) is 1. The molecule has 150 valence electrons. The normalized spacial score (nSPS) is 13.4. The van der Waals surface area contributed by atoms with Gasteiger partial charge in [-0.3, -0.25) is 4.79 Å². The molecule has 0 unspecified atom stereocenters. The second-order valence-corrected chi connectivity index (χ2v) is 7.65. The van der Waals surface area contributed by atoms with E-state index in [4.69, 9.17) is 0 Å². The predicted octanol–water partition coefficient (Wildman–Crippen LogP) is 5.85. The van der Waals surface area contributed by atoms with Crippen molar-refractivity contribution in [3.63, 3.8) is 0 Å². The summed E-state index contributed by atoms with van der Waals surface area (Å²) >= 11 is 0.760. The molecule has 0 saturated carbocycles. The standard InChI is InChI=1S/C20H13F5N2OS/c21-12-4-2-5-13(22)17(12)19(28)27-15-8-7-10(9-26-15)16-11-3-1-6-14(11)29-18(16)20(23,24)25/h2,4-5,7-9H,1,3,6H2,(H,26,27,28). The Labute approximate surface area is 166 Å². The van der Waals surface area contributed by atoms with Crippen molar-refractivity contribution < 1.29 is 26.7 Å². The maximum Gasteiger partial charge on any atom is 0.426 e. The van der Waals surface area contributed by atoms with Gasteiger partial charge in [-0.05, 0) is 49.1 Å². The van der Waals surface area contributed by atoms with E-state index in [-0.39, 0.29) is 16.9 Å². The first-order chi connectivity index (χ1) is 13.8. The van der Waals surface area contributed by atoms with Gasteiger partial charge in [-0.25, -0.2) is 13.8 Å². The number of amides is 1. The van der Waals surface area contributed by atoms with Gasteiger partial charge in [-0.15, -0.1) is 11.3 Å². The van der Waals surface area contributed by atoms with Crippen molar-refractivity contribution in [2.45, 2.75) is 25.4 Å². The SMILES string of the molecule is O=C(Nc1ccc(-c2c(C(F)(F)F)sc3c2CCC3)cn1)c1c(F)cccc1F. The van der Waals surface area contributed by atoms with Crippen LogP contribution in [0.25, 0.3) is 11.1 Å². The minimum atomic E-state index is -4.47. The van der Waals surface area contributed by atoms with Crippen LogP contribution in [0.1, 0.15) is 32.1 Å². The Bertz CT molecular complexity index is 1070. The average molecular weight is 424 g/mol. The molecule has 1 N–H and O–H groups in total. The molecule has 0 bridgehead atoms. The summed E-state index contributed by atoms with van der Waals surface area (Å²) in [6.45, 7) is 0. The number of rotatable bonds is 3. The number of alkyl halides is 3. The zero-order valence-corrected chi connectivity index (χ0v) is 15.6. The monoisotopic (exact) mass is 424 g/mol. The molecule has 0 fully saturated rings. The number of carbonyl (C=O) groups excluding carboxylic acids is 1. The van der Waals surface area contributed by atoms with Crippen LogP contribution in [0.5, 0.6) is 0 Å². The van der Waals surface area contributed by atoms with Gasteiger partial charge in [0.25, 0.3) is 5.91 Å². The molecule has 1 amide bonds. The highest BCUT2D eigenvalue weighted by Gasteiger charge is 2.39. The summed E-state index contributed by atoms with van der Waals surface area (Å²) in [6, 6.07) is 5.75. The smallest absolute Gasteiger partial charge is 0.306 e. The van der Waals surface area contributed by atoms with Gasteiger partial charge in [0.1, 0.15) is 27.9 Å². The molecule has 3 aromatic rings.